The zero-order valence-electron chi connectivity index (χ0n) is 32.7. The van der Waals surface area contributed by atoms with Crippen LogP contribution in [0.25, 0.3) is 66.3 Å². The van der Waals surface area contributed by atoms with E-state index in [1.165, 1.54) is 44.2 Å². The SMILES string of the molecule is CC(C)Cc1ccc2c(-c3cc(-c4ccc5cc(C(C)(C)C)ccc5c4)ccn3)[c-]c3ccoc3c2n1.Cc1c[c-]c(-c2cc(C)c(C)cn2)cc1C.[Ir]. The Morgan fingerprint density at radius 3 is 2.20 bits per heavy atom. The Hall–Kier alpha value is -4.96. The van der Waals surface area contributed by atoms with Crippen molar-refractivity contribution in [3.8, 4) is 33.6 Å². The van der Waals surface area contributed by atoms with Crippen molar-refractivity contribution in [3.63, 3.8) is 0 Å². The molecule has 4 nitrogen and oxygen atoms in total. The number of hydrogen-bond acceptors (Lipinski definition) is 4. The van der Waals surface area contributed by atoms with E-state index in [1.54, 1.807) is 6.26 Å². The van der Waals surface area contributed by atoms with Gasteiger partial charge in [-0.2, -0.15) is 0 Å². The van der Waals surface area contributed by atoms with Crippen LogP contribution in [0.4, 0.5) is 0 Å². The number of fused-ring (bicyclic) bond motifs is 4. The predicted octanol–water partition coefficient (Wildman–Crippen LogP) is 12.9. The van der Waals surface area contributed by atoms with Gasteiger partial charge in [-0.05, 0) is 88.5 Å². The van der Waals surface area contributed by atoms with Crippen LogP contribution in [-0.2, 0) is 31.9 Å². The minimum Gasteiger partial charge on any atom is -0.506 e. The number of benzene rings is 4. The maximum atomic E-state index is 5.83. The van der Waals surface area contributed by atoms with Gasteiger partial charge >= 0.3 is 0 Å². The Balaban J connectivity index is 0.000000246. The third-order valence-corrected chi connectivity index (χ3v) is 10.1. The molecule has 4 aromatic carbocycles. The van der Waals surface area contributed by atoms with E-state index in [0.717, 1.165) is 62.1 Å². The summed E-state index contributed by atoms with van der Waals surface area (Å²) in [7, 11) is 0. The summed E-state index contributed by atoms with van der Waals surface area (Å²) in [5, 5.41) is 4.43. The molecule has 0 fully saturated rings. The maximum Gasteiger partial charge on any atom is 0.0847 e. The van der Waals surface area contributed by atoms with Gasteiger partial charge < -0.3 is 9.40 Å². The molecular formula is C49H47IrN3O-2. The Labute approximate surface area is 333 Å². The first kappa shape index (κ1) is 38.8. The molecule has 4 heterocycles. The molecule has 0 spiro atoms. The first-order valence-electron chi connectivity index (χ1n) is 18.5. The van der Waals surface area contributed by atoms with Gasteiger partial charge in [0.1, 0.15) is 0 Å². The number of hydrogen-bond donors (Lipinski definition) is 0. The van der Waals surface area contributed by atoms with Gasteiger partial charge in [-0.1, -0.05) is 125 Å². The fourth-order valence-electron chi connectivity index (χ4n) is 6.63. The summed E-state index contributed by atoms with van der Waals surface area (Å²) in [4.78, 5) is 14.2. The van der Waals surface area contributed by atoms with Crippen LogP contribution in [0.15, 0.2) is 108 Å². The zero-order chi connectivity index (χ0) is 37.4. The van der Waals surface area contributed by atoms with Gasteiger partial charge in [0.05, 0.1) is 5.58 Å². The summed E-state index contributed by atoms with van der Waals surface area (Å²) in [6.07, 6.45) is 6.45. The molecule has 8 aromatic rings. The molecule has 5 heteroatoms. The molecule has 275 valence electrons. The first-order valence-corrected chi connectivity index (χ1v) is 18.5. The van der Waals surface area contributed by atoms with Crippen molar-refractivity contribution >= 4 is 32.6 Å². The van der Waals surface area contributed by atoms with Crippen LogP contribution in [-0.4, -0.2) is 15.0 Å². The second kappa shape index (κ2) is 15.8. The average Bonchev–Trinajstić information content (AvgIpc) is 3.62. The molecule has 4 aromatic heterocycles. The van der Waals surface area contributed by atoms with E-state index in [9.17, 15) is 0 Å². The first-order chi connectivity index (χ1) is 25.3. The van der Waals surface area contributed by atoms with Crippen molar-refractivity contribution in [2.45, 2.75) is 74.1 Å². The average molecular weight is 886 g/mol. The molecule has 0 unspecified atom stereocenters. The quantitative estimate of drug-likeness (QED) is 0.162. The predicted molar refractivity (Wildman–Crippen MR) is 221 cm³/mol. The van der Waals surface area contributed by atoms with E-state index in [0.29, 0.717) is 5.92 Å². The molecule has 0 saturated heterocycles. The third-order valence-electron chi connectivity index (χ3n) is 10.1. The summed E-state index contributed by atoms with van der Waals surface area (Å²) in [6.45, 7) is 19.6. The number of aryl methyl sites for hydroxylation is 4. The van der Waals surface area contributed by atoms with Crippen molar-refractivity contribution in [1.82, 2.24) is 15.0 Å². The van der Waals surface area contributed by atoms with Gasteiger partial charge in [0.2, 0.25) is 0 Å². The molecule has 0 aliphatic carbocycles. The summed E-state index contributed by atoms with van der Waals surface area (Å²) >= 11 is 0. The van der Waals surface area contributed by atoms with Crippen LogP contribution < -0.4 is 0 Å². The Kier molecular flexibility index (Phi) is 11.3. The summed E-state index contributed by atoms with van der Waals surface area (Å²) in [5.41, 5.74) is 15.5. The van der Waals surface area contributed by atoms with E-state index < -0.39 is 0 Å². The van der Waals surface area contributed by atoms with Crippen molar-refractivity contribution in [1.29, 1.82) is 0 Å². The molecule has 0 saturated carbocycles. The molecular weight excluding hydrogens is 839 g/mol. The van der Waals surface area contributed by atoms with Crippen LogP contribution in [0.2, 0.25) is 0 Å². The van der Waals surface area contributed by atoms with E-state index in [-0.39, 0.29) is 25.5 Å². The molecule has 8 rings (SSSR count). The van der Waals surface area contributed by atoms with Gasteiger partial charge in [-0.15, -0.1) is 41.0 Å². The number of furan rings is 1. The van der Waals surface area contributed by atoms with Crippen LogP contribution in [0.3, 0.4) is 0 Å². The molecule has 54 heavy (non-hydrogen) atoms. The monoisotopic (exact) mass is 886 g/mol. The van der Waals surface area contributed by atoms with Crippen LogP contribution in [0.1, 0.15) is 68.1 Å². The zero-order valence-corrected chi connectivity index (χ0v) is 35.1. The third kappa shape index (κ3) is 8.23. The molecule has 0 N–H and O–H groups in total. The fraction of sp³-hybridized carbons (Fsp3) is 0.245. The Morgan fingerprint density at radius 1 is 0.722 bits per heavy atom. The van der Waals surface area contributed by atoms with Crippen molar-refractivity contribution < 1.29 is 24.5 Å². The Bertz CT molecular complexity index is 2560. The summed E-state index contributed by atoms with van der Waals surface area (Å²) < 4.78 is 5.83. The fourth-order valence-corrected chi connectivity index (χ4v) is 6.63. The topological polar surface area (TPSA) is 51.8 Å². The second-order valence-corrected chi connectivity index (χ2v) is 15.8. The van der Waals surface area contributed by atoms with Crippen LogP contribution >= 0.6 is 0 Å². The summed E-state index contributed by atoms with van der Waals surface area (Å²) in [6, 6.07) is 37.0. The van der Waals surface area contributed by atoms with Crippen molar-refractivity contribution in [3.05, 3.63) is 149 Å². The molecule has 0 aliphatic rings. The number of pyridine rings is 3. The number of nitrogens with zero attached hydrogens (tertiary/aromatic N) is 3. The van der Waals surface area contributed by atoms with Gasteiger partial charge in [-0.3, -0.25) is 9.97 Å². The smallest absolute Gasteiger partial charge is 0.0847 e. The van der Waals surface area contributed by atoms with Gasteiger partial charge in [0, 0.05) is 55.7 Å². The van der Waals surface area contributed by atoms with Crippen molar-refractivity contribution in [2.75, 3.05) is 0 Å². The van der Waals surface area contributed by atoms with Crippen LogP contribution in [0, 0.1) is 45.7 Å². The molecule has 0 bridgehead atoms. The van der Waals surface area contributed by atoms with E-state index >= 15 is 0 Å². The van der Waals surface area contributed by atoms with E-state index in [2.05, 4.69) is 152 Å². The van der Waals surface area contributed by atoms with Gasteiger partial charge in [0.15, 0.2) is 0 Å². The minimum absolute atomic E-state index is 0. The largest absolute Gasteiger partial charge is 0.506 e. The normalized spacial score (nSPS) is 11.5. The van der Waals surface area contributed by atoms with E-state index in [4.69, 9.17) is 14.4 Å². The van der Waals surface area contributed by atoms with Crippen LogP contribution in [0.5, 0.6) is 0 Å². The maximum absolute atomic E-state index is 5.83. The summed E-state index contributed by atoms with van der Waals surface area (Å²) in [5.74, 6) is 0.534. The standard InChI is InChI=1S/C34H31N2O.C15H16N.Ir/c1-21(2)16-28-10-11-29-30(19-26-13-15-37-33(26)32(29)36-28)31-20-25(12-14-35-31)22-6-7-24-18-27(34(3,4)5)9-8-23(24)17-22;1-10-5-6-14(7-11(10)2)15-8-12(3)13(4)9-16-15;/h6-15,17-18,20-21H,16H2,1-5H3;5,7-9H,1-4H3;/q2*-1;. The van der Waals surface area contributed by atoms with E-state index in [1.807, 2.05) is 24.5 Å². The second-order valence-electron chi connectivity index (χ2n) is 15.8. The minimum atomic E-state index is 0. The molecule has 0 aliphatic heterocycles. The molecule has 1 radical (unpaired) electrons. The number of rotatable bonds is 5. The Morgan fingerprint density at radius 2 is 1.46 bits per heavy atom. The van der Waals surface area contributed by atoms with Crippen molar-refractivity contribution in [2.24, 2.45) is 5.92 Å². The van der Waals surface area contributed by atoms with Gasteiger partial charge in [0.25, 0.3) is 0 Å². The molecule has 0 atom stereocenters. The number of aromatic nitrogens is 3. The molecule has 0 amide bonds. The van der Waals surface area contributed by atoms with Gasteiger partial charge in [-0.25, -0.2) is 0 Å².